The van der Waals surface area contributed by atoms with Gasteiger partial charge in [-0.1, -0.05) is 103 Å². The topological polar surface area (TPSA) is 38.3 Å². The molecule has 0 aromatic heterocycles. The third-order valence-corrected chi connectivity index (χ3v) is 9.89. The predicted molar refractivity (Wildman–Crippen MR) is 127 cm³/mol. The summed E-state index contributed by atoms with van der Waals surface area (Å²) in [5, 5.41) is 5.99. The van der Waals surface area contributed by atoms with Crippen LogP contribution in [0.25, 0.3) is 0 Å². The number of ether oxygens (including phenoxy) is 1. The number of benzene rings is 3. The van der Waals surface area contributed by atoms with Crippen LogP contribution in [0.5, 0.6) is 0 Å². The van der Waals surface area contributed by atoms with Gasteiger partial charge in [-0.05, 0) is 25.0 Å². The summed E-state index contributed by atoms with van der Waals surface area (Å²) in [6, 6.07) is 30.5. The minimum Gasteiger partial charge on any atom is -0.452 e. The van der Waals surface area contributed by atoms with Crippen molar-refractivity contribution in [2.24, 2.45) is 0 Å². The Morgan fingerprint density at radius 1 is 0.867 bits per heavy atom. The van der Waals surface area contributed by atoms with Crippen LogP contribution in [-0.2, 0) is 26.9 Å². The Bertz CT molecular complexity index is 1070. The first-order chi connectivity index (χ1) is 14.4. The summed E-state index contributed by atoms with van der Waals surface area (Å²) >= 11 is 6.43. The molecule has 152 valence electrons. The lowest BCUT2D eigenvalue weighted by molar-refractivity contribution is -0.141. The summed E-state index contributed by atoms with van der Waals surface area (Å²) in [5.41, 5.74) is 1.22. The normalized spacial score (nSPS) is 18.4. The highest BCUT2D eigenvalue weighted by Gasteiger charge is 2.45. The number of esters is 1. The molecule has 0 amide bonds. The Balaban J connectivity index is 1.89. The van der Waals surface area contributed by atoms with Crippen LogP contribution in [0.1, 0.15) is 19.4 Å². The number of nitrogens with one attached hydrogen (secondary N) is 1. The molecule has 0 saturated heterocycles. The summed E-state index contributed by atoms with van der Waals surface area (Å²) < 4.78 is 5.79. The summed E-state index contributed by atoms with van der Waals surface area (Å²) in [6.45, 7) is 4.02. The van der Waals surface area contributed by atoms with E-state index in [-0.39, 0.29) is 5.97 Å². The molecule has 3 aromatic carbocycles. The van der Waals surface area contributed by atoms with E-state index in [2.05, 4.69) is 48.4 Å². The lowest BCUT2D eigenvalue weighted by Crippen LogP contribution is -2.51. The summed E-state index contributed by atoms with van der Waals surface area (Å²) in [7, 11) is 0. The van der Waals surface area contributed by atoms with Gasteiger partial charge < -0.3 is 4.74 Å². The third kappa shape index (κ3) is 3.79. The Labute approximate surface area is 182 Å². The van der Waals surface area contributed by atoms with Crippen molar-refractivity contribution >= 4 is 34.6 Å². The second kappa shape index (κ2) is 8.31. The van der Waals surface area contributed by atoms with Gasteiger partial charge in [-0.2, -0.15) is 0 Å². The minimum absolute atomic E-state index is 0.311. The predicted octanol–water partition coefficient (Wildman–Crippen LogP) is 4.41. The van der Waals surface area contributed by atoms with Crippen LogP contribution in [0.2, 0.25) is 0 Å². The fraction of sp³-hybridized carbons (Fsp3) is 0.160. The van der Waals surface area contributed by atoms with Crippen molar-refractivity contribution < 1.29 is 9.53 Å². The molecular weight excluding hydrogens is 409 g/mol. The summed E-state index contributed by atoms with van der Waals surface area (Å²) in [4.78, 5) is 12.1. The van der Waals surface area contributed by atoms with Gasteiger partial charge in [0.15, 0.2) is 0 Å². The maximum atomic E-state index is 12.1. The number of carbonyl (C=O) groups is 1. The lowest BCUT2D eigenvalue weighted by atomic mass is 9.84. The minimum atomic E-state index is -2.44. The van der Waals surface area contributed by atoms with Crippen LogP contribution in [-0.4, -0.2) is 12.1 Å². The van der Waals surface area contributed by atoms with Crippen molar-refractivity contribution in [3.63, 3.8) is 0 Å². The molecule has 0 fully saturated rings. The number of carbonyl (C=O) groups excluding carboxylic acids is 1. The Kier molecular flexibility index (Phi) is 5.75. The highest BCUT2D eigenvalue weighted by Crippen LogP contribution is 2.47. The molecule has 0 aliphatic carbocycles. The summed E-state index contributed by atoms with van der Waals surface area (Å²) in [6.07, 6.45) is -1.32. The molecule has 5 heteroatoms. The first-order valence-electron chi connectivity index (χ1n) is 9.88. The second-order valence-electron chi connectivity index (χ2n) is 7.67. The average Bonchev–Trinajstić information content (AvgIpc) is 3.14. The Morgan fingerprint density at radius 3 is 1.77 bits per heavy atom. The highest BCUT2D eigenvalue weighted by atomic mass is 32.4. The van der Waals surface area contributed by atoms with Crippen molar-refractivity contribution in [3.05, 3.63) is 108 Å². The number of cyclic esters (lactones) is 1. The standard InChI is InChI=1S/C25H24NO2PS/c1-19-18-23(27)28-24(19)25(2,20-12-6-3-7-13-20)26-29(30,21-14-8-4-9-15-21)22-16-10-5-11-17-22/h3-18,24H,1-2H3,(H,26,30)/t24-,25+/m1/s1. The van der Waals surface area contributed by atoms with Gasteiger partial charge in [0, 0.05) is 16.7 Å². The largest absolute Gasteiger partial charge is 0.452 e. The van der Waals surface area contributed by atoms with E-state index in [1.165, 1.54) is 0 Å². The van der Waals surface area contributed by atoms with E-state index in [1.54, 1.807) is 6.08 Å². The molecule has 0 radical (unpaired) electrons. The van der Waals surface area contributed by atoms with Crippen molar-refractivity contribution in [2.75, 3.05) is 0 Å². The maximum Gasteiger partial charge on any atom is 0.331 e. The quantitative estimate of drug-likeness (QED) is 0.462. The van der Waals surface area contributed by atoms with E-state index in [1.807, 2.05) is 61.5 Å². The van der Waals surface area contributed by atoms with E-state index in [0.29, 0.717) is 0 Å². The van der Waals surface area contributed by atoms with Crippen LogP contribution >= 0.6 is 6.19 Å². The molecule has 30 heavy (non-hydrogen) atoms. The van der Waals surface area contributed by atoms with Crippen LogP contribution in [0, 0.1) is 0 Å². The monoisotopic (exact) mass is 433 g/mol. The molecule has 0 unspecified atom stereocenters. The van der Waals surface area contributed by atoms with Crippen LogP contribution in [0.3, 0.4) is 0 Å². The third-order valence-electron chi connectivity index (χ3n) is 5.52. The number of rotatable bonds is 6. The molecule has 0 spiro atoms. The molecule has 1 aliphatic heterocycles. The molecule has 3 aromatic rings. The van der Waals surface area contributed by atoms with Crippen LogP contribution in [0.4, 0.5) is 0 Å². The summed E-state index contributed by atoms with van der Waals surface area (Å²) in [5.74, 6) is -0.311. The van der Waals surface area contributed by atoms with Gasteiger partial charge in [-0.25, -0.2) is 4.79 Å². The van der Waals surface area contributed by atoms with Crippen molar-refractivity contribution in [3.8, 4) is 0 Å². The molecule has 1 N–H and O–H groups in total. The maximum absolute atomic E-state index is 12.1. The molecule has 1 aliphatic rings. The lowest BCUT2D eigenvalue weighted by Gasteiger charge is -2.41. The average molecular weight is 434 g/mol. The molecule has 0 bridgehead atoms. The van der Waals surface area contributed by atoms with Crippen LogP contribution in [0.15, 0.2) is 103 Å². The van der Waals surface area contributed by atoms with Gasteiger partial charge in [0.25, 0.3) is 0 Å². The number of hydrogen-bond donors (Lipinski definition) is 1. The first-order valence-corrected chi connectivity index (χ1v) is 12.7. The SMILES string of the molecule is CC1=CC(=O)O[C@H]1[C@@](C)(NP(=S)(c1ccccc1)c1ccccc1)c1ccccc1. The van der Waals surface area contributed by atoms with E-state index in [9.17, 15) is 4.79 Å². The van der Waals surface area contributed by atoms with E-state index in [0.717, 1.165) is 21.7 Å². The van der Waals surface area contributed by atoms with E-state index < -0.39 is 17.8 Å². The molecule has 4 rings (SSSR count). The Morgan fingerprint density at radius 2 is 1.33 bits per heavy atom. The van der Waals surface area contributed by atoms with Gasteiger partial charge in [0.05, 0.1) is 11.7 Å². The van der Waals surface area contributed by atoms with Crippen molar-refractivity contribution in [1.29, 1.82) is 0 Å². The van der Waals surface area contributed by atoms with Gasteiger partial charge in [0.2, 0.25) is 0 Å². The molecule has 0 saturated carbocycles. The van der Waals surface area contributed by atoms with E-state index in [4.69, 9.17) is 16.5 Å². The first kappa shape index (κ1) is 20.7. The zero-order valence-electron chi connectivity index (χ0n) is 17.0. The highest BCUT2D eigenvalue weighted by molar-refractivity contribution is 8.20. The van der Waals surface area contributed by atoms with Gasteiger partial charge in [-0.3, -0.25) is 5.09 Å². The molecular formula is C25H24NO2PS. The van der Waals surface area contributed by atoms with Gasteiger partial charge >= 0.3 is 5.97 Å². The molecule has 1 heterocycles. The fourth-order valence-electron chi connectivity index (χ4n) is 4.02. The van der Waals surface area contributed by atoms with Crippen molar-refractivity contribution in [1.82, 2.24) is 5.09 Å². The second-order valence-corrected chi connectivity index (χ2v) is 11.8. The van der Waals surface area contributed by atoms with Gasteiger partial charge in [-0.15, -0.1) is 0 Å². The van der Waals surface area contributed by atoms with Gasteiger partial charge in [0.1, 0.15) is 6.10 Å². The molecule has 3 nitrogen and oxygen atoms in total. The fourth-order valence-corrected chi connectivity index (χ4v) is 7.96. The number of hydrogen-bond acceptors (Lipinski definition) is 3. The van der Waals surface area contributed by atoms with Crippen molar-refractivity contribution in [2.45, 2.75) is 25.5 Å². The smallest absolute Gasteiger partial charge is 0.331 e. The molecule has 2 atom stereocenters. The van der Waals surface area contributed by atoms with E-state index >= 15 is 0 Å². The van der Waals surface area contributed by atoms with Crippen LogP contribution < -0.4 is 15.7 Å². The Hall–Kier alpha value is -2.52. The zero-order valence-corrected chi connectivity index (χ0v) is 18.7. The zero-order chi connectivity index (χ0) is 21.2.